The summed E-state index contributed by atoms with van der Waals surface area (Å²) in [5, 5.41) is 9.93. The molecule has 26 heavy (non-hydrogen) atoms. The molecule has 0 aliphatic carbocycles. The quantitative estimate of drug-likeness (QED) is 0.750. The molecule has 1 aliphatic heterocycles. The minimum Gasteiger partial charge on any atom is -0.490 e. The molecular weight excluding hydrogens is 344 g/mol. The Hall–Kier alpha value is -3.22. The second kappa shape index (κ2) is 6.25. The molecule has 0 atom stereocenters. The first-order chi connectivity index (χ1) is 12.5. The number of carboxylic acids is 1. The van der Waals surface area contributed by atoms with Crippen LogP contribution in [-0.2, 0) is 0 Å². The lowest BCUT2D eigenvalue weighted by molar-refractivity contribution is 0.0699. The summed E-state index contributed by atoms with van der Waals surface area (Å²) in [5.41, 5.74) is 0.391. The second-order valence-corrected chi connectivity index (χ2v) is 5.85. The van der Waals surface area contributed by atoms with Gasteiger partial charge in [-0.15, -0.1) is 0 Å². The van der Waals surface area contributed by atoms with Crippen molar-refractivity contribution in [1.29, 1.82) is 0 Å². The van der Waals surface area contributed by atoms with Crippen molar-refractivity contribution < 1.29 is 28.2 Å². The van der Waals surface area contributed by atoms with Crippen LogP contribution < -0.4 is 9.47 Å². The first kappa shape index (κ1) is 16.3. The van der Waals surface area contributed by atoms with Gasteiger partial charge in [0.2, 0.25) is 0 Å². The van der Waals surface area contributed by atoms with E-state index in [2.05, 4.69) is 4.98 Å². The highest BCUT2D eigenvalue weighted by Crippen LogP contribution is 2.36. The van der Waals surface area contributed by atoms with Crippen LogP contribution in [0.15, 0.2) is 36.4 Å². The van der Waals surface area contributed by atoms with Crippen LogP contribution >= 0.6 is 0 Å². The monoisotopic (exact) mass is 357 g/mol. The van der Waals surface area contributed by atoms with E-state index in [1.807, 2.05) is 0 Å². The van der Waals surface area contributed by atoms with Crippen LogP contribution in [0.4, 0.5) is 8.78 Å². The third kappa shape index (κ3) is 2.81. The Labute approximate surface area is 146 Å². The number of halogens is 2. The fraction of sp³-hybridized carbons (Fsp3) is 0.158. The summed E-state index contributed by atoms with van der Waals surface area (Å²) in [7, 11) is 0. The van der Waals surface area contributed by atoms with Gasteiger partial charge in [0.05, 0.1) is 30.0 Å². The number of fused-ring (bicyclic) bond motifs is 2. The van der Waals surface area contributed by atoms with E-state index < -0.39 is 17.6 Å². The molecular formula is C19H13F2NO4. The van der Waals surface area contributed by atoms with Gasteiger partial charge in [-0.1, -0.05) is 0 Å². The fourth-order valence-corrected chi connectivity index (χ4v) is 2.89. The third-order valence-electron chi connectivity index (χ3n) is 4.12. The zero-order valence-electron chi connectivity index (χ0n) is 13.5. The Morgan fingerprint density at radius 3 is 2.46 bits per heavy atom. The number of rotatable bonds is 2. The molecule has 5 nitrogen and oxygen atoms in total. The van der Waals surface area contributed by atoms with Gasteiger partial charge in [0, 0.05) is 29.5 Å². The SMILES string of the molecule is O=C(O)c1cc(-c2ccc(F)cc2F)nc2cc3c(cc12)OCCCO3. The predicted octanol–water partition coefficient (Wildman–Crippen LogP) is 4.04. The Bertz CT molecular complexity index is 1040. The number of ether oxygens (including phenoxy) is 2. The molecule has 0 amide bonds. The summed E-state index contributed by atoms with van der Waals surface area (Å²) in [4.78, 5) is 16.1. The third-order valence-corrected chi connectivity index (χ3v) is 4.12. The van der Waals surface area contributed by atoms with Gasteiger partial charge in [0.15, 0.2) is 11.5 Å². The van der Waals surface area contributed by atoms with Crippen LogP contribution in [0, 0.1) is 11.6 Å². The molecule has 132 valence electrons. The maximum Gasteiger partial charge on any atom is 0.336 e. The van der Waals surface area contributed by atoms with Crippen molar-refractivity contribution in [3.05, 3.63) is 53.6 Å². The Morgan fingerprint density at radius 2 is 1.77 bits per heavy atom. The standard InChI is InChI=1S/C19H13F2NO4/c20-10-2-3-11(14(21)6-10)15-7-13(19(23)24)12-8-17-18(9-16(12)22-15)26-5-1-4-25-17/h2-3,6-9H,1,4-5H2,(H,23,24). The van der Waals surface area contributed by atoms with E-state index in [1.165, 1.54) is 12.1 Å². The summed E-state index contributed by atoms with van der Waals surface area (Å²) >= 11 is 0. The molecule has 0 fully saturated rings. The molecule has 0 spiro atoms. The molecule has 3 aromatic rings. The van der Waals surface area contributed by atoms with Gasteiger partial charge >= 0.3 is 5.97 Å². The number of aromatic nitrogens is 1. The minimum atomic E-state index is -1.18. The molecule has 1 N–H and O–H groups in total. The zero-order valence-corrected chi connectivity index (χ0v) is 13.5. The highest BCUT2D eigenvalue weighted by Gasteiger charge is 2.19. The number of carbonyl (C=O) groups is 1. The van der Waals surface area contributed by atoms with E-state index in [0.717, 1.165) is 12.1 Å². The molecule has 0 bridgehead atoms. The van der Waals surface area contributed by atoms with E-state index in [9.17, 15) is 18.7 Å². The maximum atomic E-state index is 14.1. The molecule has 1 aromatic heterocycles. The number of hydrogen-bond donors (Lipinski definition) is 1. The first-order valence-corrected chi connectivity index (χ1v) is 7.96. The molecule has 2 heterocycles. The van der Waals surface area contributed by atoms with Crippen LogP contribution in [0.2, 0.25) is 0 Å². The molecule has 0 unspecified atom stereocenters. The van der Waals surface area contributed by atoms with Gasteiger partial charge < -0.3 is 14.6 Å². The predicted molar refractivity (Wildman–Crippen MR) is 89.7 cm³/mol. The Morgan fingerprint density at radius 1 is 1.04 bits per heavy atom. The summed E-state index contributed by atoms with van der Waals surface area (Å²) in [6, 6.07) is 7.47. The van der Waals surface area contributed by atoms with Crippen LogP contribution in [0.5, 0.6) is 11.5 Å². The number of nitrogens with zero attached hydrogens (tertiary/aromatic N) is 1. The lowest BCUT2D eigenvalue weighted by Gasteiger charge is -2.12. The van der Waals surface area contributed by atoms with Gasteiger partial charge in [0.1, 0.15) is 11.6 Å². The van der Waals surface area contributed by atoms with Crippen molar-refractivity contribution in [2.75, 3.05) is 13.2 Å². The molecule has 0 saturated carbocycles. The summed E-state index contributed by atoms with van der Waals surface area (Å²) in [6.07, 6.45) is 0.705. The Kier molecular flexibility index (Phi) is 3.91. The number of benzene rings is 2. The van der Waals surface area contributed by atoms with Crippen LogP contribution in [-0.4, -0.2) is 29.3 Å². The number of aromatic carboxylic acids is 1. The lowest BCUT2D eigenvalue weighted by atomic mass is 10.0. The van der Waals surface area contributed by atoms with E-state index in [-0.39, 0.29) is 16.8 Å². The fourth-order valence-electron chi connectivity index (χ4n) is 2.89. The van der Waals surface area contributed by atoms with Crippen molar-refractivity contribution in [1.82, 2.24) is 4.98 Å². The highest BCUT2D eigenvalue weighted by atomic mass is 19.1. The number of carboxylic acid groups (broad SMARTS) is 1. The van der Waals surface area contributed by atoms with E-state index >= 15 is 0 Å². The second-order valence-electron chi connectivity index (χ2n) is 5.85. The summed E-state index contributed by atoms with van der Waals surface area (Å²) < 4.78 is 38.5. The summed E-state index contributed by atoms with van der Waals surface area (Å²) in [6.45, 7) is 0.934. The first-order valence-electron chi connectivity index (χ1n) is 7.96. The van der Waals surface area contributed by atoms with Gasteiger partial charge in [0.25, 0.3) is 0 Å². The highest BCUT2D eigenvalue weighted by molar-refractivity contribution is 6.04. The van der Waals surface area contributed by atoms with Crippen LogP contribution in [0.1, 0.15) is 16.8 Å². The summed E-state index contributed by atoms with van der Waals surface area (Å²) in [5.74, 6) is -1.82. The van der Waals surface area contributed by atoms with Crippen LogP contribution in [0.3, 0.4) is 0 Å². The van der Waals surface area contributed by atoms with E-state index in [1.54, 1.807) is 12.1 Å². The van der Waals surface area contributed by atoms with E-state index in [0.29, 0.717) is 42.0 Å². The van der Waals surface area contributed by atoms with Crippen LogP contribution in [0.25, 0.3) is 22.2 Å². The lowest BCUT2D eigenvalue weighted by Crippen LogP contribution is -2.02. The van der Waals surface area contributed by atoms with Gasteiger partial charge in [-0.3, -0.25) is 0 Å². The zero-order chi connectivity index (χ0) is 18.3. The Balaban J connectivity index is 1.97. The maximum absolute atomic E-state index is 14.1. The van der Waals surface area contributed by atoms with Crippen molar-refractivity contribution >= 4 is 16.9 Å². The van der Waals surface area contributed by atoms with E-state index in [4.69, 9.17) is 9.47 Å². The van der Waals surface area contributed by atoms with Crippen molar-refractivity contribution in [3.8, 4) is 22.8 Å². The van der Waals surface area contributed by atoms with Crippen molar-refractivity contribution in [2.45, 2.75) is 6.42 Å². The smallest absolute Gasteiger partial charge is 0.336 e. The molecule has 4 rings (SSSR count). The van der Waals surface area contributed by atoms with Gasteiger partial charge in [-0.2, -0.15) is 0 Å². The molecule has 2 aromatic carbocycles. The van der Waals surface area contributed by atoms with Gasteiger partial charge in [-0.25, -0.2) is 18.6 Å². The number of hydrogen-bond acceptors (Lipinski definition) is 4. The molecule has 0 saturated heterocycles. The largest absolute Gasteiger partial charge is 0.490 e. The topological polar surface area (TPSA) is 68.7 Å². The normalized spacial score (nSPS) is 13.5. The average Bonchev–Trinajstić information content (AvgIpc) is 2.83. The molecule has 0 radical (unpaired) electrons. The molecule has 7 heteroatoms. The van der Waals surface area contributed by atoms with Crippen molar-refractivity contribution in [2.24, 2.45) is 0 Å². The molecule has 1 aliphatic rings. The number of pyridine rings is 1. The minimum absolute atomic E-state index is 0.0166. The van der Waals surface area contributed by atoms with Gasteiger partial charge in [-0.05, 0) is 24.3 Å². The average molecular weight is 357 g/mol. The van der Waals surface area contributed by atoms with Crippen molar-refractivity contribution in [3.63, 3.8) is 0 Å².